The Morgan fingerprint density at radius 3 is 2.46 bits per heavy atom. The van der Waals surface area contributed by atoms with Crippen LogP contribution in [0.5, 0.6) is 0 Å². The smallest absolute Gasteiger partial charge is 0.355 e. The molecule has 11 heteroatoms. The predicted molar refractivity (Wildman–Crippen MR) is 85.4 cm³/mol. The molecule has 0 fully saturated rings. The van der Waals surface area contributed by atoms with Gasteiger partial charge in [0.25, 0.3) is 0 Å². The zero-order valence-corrected chi connectivity index (χ0v) is 14.4. The molecule has 3 N–H and O–H groups in total. The summed E-state index contributed by atoms with van der Waals surface area (Å²) in [6.07, 6.45) is -3.97. The molecule has 0 aliphatic heterocycles. The number of amides is 1. The summed E-state index contributed by atoms with van der Waals surface area (Å²) in [5.41, 5.74) is -1.07. The molecule has 138 valence electrons. The summed E-state index contributed by atoms with van der Waals surface area (Å²) in [7, 11) is -2.44. The number of rotatable bonds is 8. The summed E-state index contributed by atoms with van der Waals surface area (Å²) in [4.78, 5) is 10.9. The molecule has 0 unspecified atom stereocenters. The number of sulfonamides is 1. The van der Waals surface area contributed by atoms with Gasteiger partial charge in [0.1, 0.15) is 0 Å². The maximum absolute atomic E-state index is 12.6. The van der Waals surface area contributed by atoms with E-state index in [9.17, 15) is 26.4 Å². The lowest BCUT2D eigenvalue weighted by Crippen LogP contribution is -2.37. The molecule has 0 saturated heterocycles. The number of hydrogen-bond donors (Lipinski definition) is 3. The molecular formula is C13H19ClF3N3O3S. The van der Waals surface area contributed by atoms with E-state index in [4.69, 9.17) is 0 Å². The third-order valence-corrected chi connectivity index (χ3v) is 4.22. The van der Waals surface area contributed by atoms with Crippen LogP contribution >= 0.6 is 12.4 Å². The predicted octanol–water partition coefficient (Wildman–Crippen LogP) is 1.13. The molecule has 1 aromatic carbocycles. The molecule has 1 aromatic rings. The molecular weight excluding hydrogens is 371 g/mol. The van der Waals surface area contributed by atoms with Gasteiger partial charge < -0.3 is 10.6 Å². The Morgan fingerprint density at radius 2 is 1.88 bits per heavy atom. The van der Waals surface area contributed by atoms with Gasteiger partial charge in [-0.25, -0.2) is 13.1 Å². The lowest BCUT2D eigenvalue weighted by molar-refractivity contribution is -0.137. The van der Waals surface area contributed by atoms with Crippen LogP contribution in [-0.2, 0) is 21.0 Å². The van der Waals surface area contributed by atoms with Gasteiger partial charge >= 0.3 is 6.18 Å². The van der Waals surface area contributed by atoms with Gasteiger partial charge in [-0.1, -0.05) is 6.07 Å². The van der Waals surface area contributed by atoms with Crippen LogP contribution in [0.1, 0.15) is 12.0 Å². The summed E-state index contributed by atoms with van der Waals surface area (Å²) < 4.78 is 63.6. The largest absolute Gasteiger partial charge is 0.416 e. The molecule has 0 aliphatic carbocycles. The maximum Gasteiger partial charge on any atom is 0.416 e. The summed E-state index contributed by atoms with van der Waals surface area (Å²) in [6.45, 7) is 0.513. The molecule has 1 rings (SSSR count). The Hall–Kier alpha value is -1.36. The SMILES string of the molecule is CNCCCNC(=O)CNS(=O)(=O)c1cccc(C(F)(F)F)c1.Cl. The van der Waals surface area contributed by atoms with Crippen LogP contribution in [0.25, 0.3) is 0 Å². The van der Waals surface area contributed by atoms with Crippen LogP contribution in [-0.4, -0.2) is 41.0 Å². The molecule has 0 heterocycles. The first-order valence-electron chi connectivity index (χ1n) is 6.75. The summed E-state index contributed by atoms with van der Waals surface area (Å²) in [5, 5.41) is 5.37. The van der Waals surface area contributed by atoms with Crippen molar-refractivity contribution in [2.45, 2.75) is 17.5 Å². The molecule has 0 saturated carbocycles. The van der Waals surface area contributed by atoms with E-state index in [1.807, 2.05) is 4.72 Å². The molecule has 24 heavy (non-hydrogen) atoms. The van der Waals surface area contributed by atoms with Crippen molar-refractivity contribution in [3.63, 3.8) is 0 Å². The highest BCUT2D eigenvalue weighted by molar-refractivity contribution is 7.89. The Labute approximate surface area is 144 Å². The Balaban J connectivity index is 0.00000529. The lowest BCUT2D eigenvalue weighted by Gasteiger charge is -2.10. The van der Waals surface area contributed by atoms with E-state index in [0.717, 1.165) is 18.2 Å². The van der Waals surface area contributed by atoms with Crippen molar-refractivity contribution in [2.75, 3.05) is 26.7 Å². The summed E-state index contributed by atoms with van der Waals surface area (Å²) >= 11 is 0. The second-order valence-corrected chi connectivity index (χ2v) is 6.42. The zero-order valence-electron chi connectivity index (χ0n) is 12.8. The molecule has 0 radical (unpaired) electrons. The van der Waals surface area contributed by atoms with Crippen LogP contribution in [0.3, 0.4) is 0 Å². The third kappa shape index (κ3) is 7.47. The Morgan fingerprint density at radius 1 is 1.21 bits per heavy atom. The molecule has 0 atom stereocenters. The zero-order chi connectivity index (χ0) is 17.5. The fourth-order valence-electron chi connectivity index (χ4n) is 1.64. The molecule has 0 bridgehead atoms. The second-order valence-electron chi connectivity index (χ2n) is 4.66. The highest BCUT2D eigenvalue weighted by Crippen LogP contribution is 2.30. The normalized spacial score (nSPS) is 11.7. The molecule has 0 aliphatic rings. The van der Waals surface area contributed by atoms with Gasteiger partial charge in [0, 0.05) is 6.54 Å². The fraction of sp³-hybridized carbons (Fsp3) is 0.462. The first-order chi connectivity index (χ1) is 10.7. The van der Waals surface area contributed by atoms with E-state index >= 15 is 0 Å². The van der Waals surface area contributed by atoms with Crippen LogP contribution in [0.4, 0.5) is 13.2 Å². The van der Waals surface area contributed by atoms with Gasteiger partial charge in [0.2, 0.25) is 15.9 Å². The molecule has 1 amide bonds. The van der Waals surface area contributed by atoms with E-state index in [1.54, 1.807) is 7.05 Å². The molecule has 0 spiro atoms. The minimum atomic E-state index is -4.64. The van der Waals surface area contributed by atoms with E-state index in [2.05, 4.69) is 10.6 Å². The number of alkyl halides is 3. The Bertz CT molecular complexity index is 639. The topological polar surface area (TPSA) is 87.3 Å². The summed E-state index contributed by atoms with van der Waals surface area (Å²) in [5.74, 6) is -0.559. The average Bonchev–Trinajstić information content (AvgIpc) is 2.49. The van der Waals surface area contributed by atoms with Crippen LogP contribution < -0.4 is 15.4 Å². The number of carbonyl (C=O) groups excluding carboxylic acids is 1. The minimum Gasteiger partial charge on any atom is -0.355 e. The fourth-order valence-corrected chi connectivity index (χ4v) is 2.67. The molecule has 0 aromatic heterocycles. The van der Waals surface area contributed by atoms with Crippen LogP contribution in [0.2, 0.25) is 0 Å². The number of benzene rings is 1. The highest BCUT2D eigenvalue weighted by atomic mass is 35.5. The van der Waals surface area contributed by atoms with Gasteiger partial charge in [-0.15, -0.1) is 12.4 Å². The number of carbonyl (C=O) groups is 1. The van der Waals surface area contributed by atoms with E-state index in [0.29, 0.717) is 25.6 Å². The van der Waals surface area contributed by atoms with Gasteiger partial charge in [-0.05, 0) is 38.2 Å². The van der Waals surface area contributed by atoms with Gasteiger partial charge in [0.15, 0.2) is 0 Å². The van der Waals surface area contributed by atoms with Crippen LogP contribution in [0, 0.1) is 0 Å². The number of hydrogen-bond acceptors (Lipinski definition) is 4. The van der Waals surface area contributed by atoms with Crippen molar-refractivity contribution in [1.29, 1.82) is 0 Å². The average molecular weight is 390 g/mol. The van der Waals surface area contributed by atoms with Gasteiger partial charge in [0.05, 0.1) is 17.0 Å². The number of halogens is 4. The Kier molecular flexibility index (Phi) is 9.26. The van der Waals surface area contributed by atoms with Crippen molar-refractivity contribution in [2.24, 2.45) is 0 Å². The quantitative estimate of drug-likeness (QED) is 0.582. The first kappa shape index (κ1) is 22.6. The maximum atomic E-state index is 12.6. The second kappa shape index (κ2) is 9.82. The van der Waals surface area contributed by atoms with E-state index < -0.39 is 39.1 Å². The third-order valence-electron chi connectivity index (χ3n) is 2.82. The summed E-state index contributed by atoms with van der Waals surface area (Å²) in [6, 6.07) is 3.32. The van der Waals surface area contributed by atoms with E-state index in [1.165, 1.54) is 0 Å². The van der Waals surface area contributed by atoms with Crippen molar-refractivity contribution >= 4 is 28.3 Å². The van der Waals surface area contributed by atoms with Crippen molar-refractivity contribution < 1.29 is 26.4 Å². The van der Waals surface area contributed by atoms with Crippen molar-refractivity contribution in [3.8, 4) is 0 Å². The number of nitrogens with one attached hydrogen (secondary N) is 3. The standard InChI is InChI=1S/C13H18F3N3O3S.ClH/c1-17-6-3-7-18-12(20)9-19-23(21,22)11-5-2-4-10(8-11)13(14,15)16;/h2,4-5,8,17,19H,3,6-7,9H2,1H3,(H,18,20);1H. The molecule has 6 nitrogen and oxygen atoms in total. The monoisotopic (exact) mass is 389 g/mol. The van der Waals surface area contributed by atoms with Gasteiger partial charge in [-0.2, -0.15) is 13.2 Å². The van der Waals surface area contributed by atoms with E-state index in [-0.39, 0.29) is 12.4 Å². The highest BCUT2D eigenvalue weighted by Gasteiger charge is 2.31. The minimum absolute atomic E-state index is 0. The first-order valence-corrected chi connectivity index (χ1v) is 8.23. The lowest BCUT2D eigenvalue weighted by atomic mass is 10.2. The van der Waals surface area contributed by atoms with Crippen molar-refractivity contribution in [3.05, 3.63) is 29.8 Å². The van der Waals surface area contributed by atoms with Crippen molar-refractivity contribution in [1.82, 2.24) is 15.4 Å². The van der Waals surface area contributed by atoms with Gasteiger partial charge in [-0.3, -0.25) is 4.79 Å². The van der Waals surface area contributed by atoms with Crippen LogP contribution in [0.15, 0.2) is 29.2 Å².